The maximum absolute atomic E-state index is 13.3. The van der Waals surface area contributed by atoms with Crippen molar-refractivity contribution < 1.29 is 68.6 Å². The molecule has 0 aliphatic heterocycles. The van der Waals surface area contributed by atoms with Gasteiger partial charge < -0.3 is 0 Å². The number of unbranched alkanes of at least 4 members (excludes halogenated alkanes) is 27. The first-order valence-electron chi connectivity index (χ1n) is 21.8. The molecule has 0 unspecified atom stereocenters. The topological polar surface area (TPSA) is 138 Å². The van der Waals surface area contributed by atoms with Gasteiger partial charge in [0.25, 0.3) is 0 Å². The van der Waals surface area contributed by atoms with Crippen LogP contribution in [-0.2, 0) is 79.5 Å². The summed E-state index contributed by atoms with van der Waals surface area (Å²) in [5.74, 6) is 0. The minimum absolute atomic E-state index is 0.132. The van der Waals surface area contributed by atoms with Crippen molar-refractivity contribution in [3.8, 4) is 0 Å². The Morgan fingerprint density at radius 2 is 0.792 bits per heavy atom. The molecule has 0 amide bonds. The van der Waals surface area contributed by atoms with Crippen LogP contribution in [0, 0.1) is 0 Å². The van der Waals surface area contributed by atoms with Crippen molar-refractivity contribution in [2.45, 2.75) is 238 Å². The van der Waals surface area contributed by atoms with E-state index >= 15 is 0 Å². The molecule has 1 rings (SSSR count). The molecule has 53 heavy (non-hydrogen) atoms. The average Bonchev–Trinajstić information content (AvgIpc) is 3.10. The van der Waals surface area contributed by atoms with Gasteiger partial charge in [-0.3, -0.25) is 0 Å². The van der Waals surface area contributed by atoms with Crippen molar-refractivity contribution >= 4 is 10.1 Å². The van der Waals surface area contributed by atoms with E-state index in [0.29, 0.717) is 6.42 Å². The Bertz CT molecular complexity index is 1140. The molecule has 0 fully saturated rings. The predicted octanol–water partition coefficient (Wildman–Crippen LogP) is 12.3. The summed E-state index contributed by atoms with van der Waals surface area (Å²) in [6.45, 7) is 6.78. The molecule has 0 saturated heterocycles. The molecule has 0 saturated carbocycles. The third-order valence-electron chi connectivity index (χ3n) is 10.3. The zero-order chi connectivity index (χ0) is 39.4. The minimum atomic E-state index is -4.28. The Kier molecular flexibility index (Phi) is 37.9. The molecular formula is C42H80O8STiZr. The molecule has 0 spiro atoms. The first kappa shape index (κ1) is 53.2. The first-order chi connectivity index (χ1) is 25.6. The van der Waals surface area contributed by atoms with Crippen LogP contribution < -0.4 is 0 Å². The molecule has 0 aliphatic carbocycles. The van der Waals surface area contributed by atoms with E-state index in [-0.39, 0.29) is 4.90 Å². The Labute approximate surface area is 342 Å². The Morgan fingerprint density at radius 3 is 1.11 bits per heavy atom. The Morgan fingerprint density at radius 1 is 0.509 bits per heavy atom. The van der Waals surface area contributed by atoms with Gasteiger partial charge in [-0.2, -0.15) is 0 Å². The van der Waals surface area contributed by atoms with Crippen molar-refractivity contribution in [1.29, 1.82) is 0 Å². The normalized spacial score (nSPS) is 11.4. The molecular weight excluding hydrogens is 804 g/mol. The van der Waals surface area contributed by atoms with Gasteiger partial charge in [0.15, 0.2) is 0 Å². The summed E-state index contributed by atoms with van der Waals surface area (Å²) in [6.07, 6.45) is 40.5. The molecule has 3 N–H and O–H groups in total. The summed E-state index contributed by atoms with van der Waals surface area (Å²) in [5.41, 5.74) is 3.32. The number of hydrogen-bond donors (Lipinski definition) is 3. The fraction of sp³-hybridized carbons (Fsp3) is 0.857. The molecule has 8 nitrogen and oxygen atoms in total. The number of aryl methyl sites for hydroxylation is 1. The van der Waals surface area contributed by atoms with E-state index in [1.807, 2.05) is 6.07 Å². The van der Waals surface area contributed by atoms with Crippen LogP contribution in [0.25, 0.3) is 0 Å². The van der Waals surface area contributed by atoms with Crippen LogP contribution >= 0.6 is 0 Å². The van der Waals surface area contributed by atoms with E-state index in [9.17, 15) is 15.4 Å². The van der Waals surface area contributed by atoms with Crippen molar-refractivity contribution in [2.75, 3.05) is 0 Å². The molecule has 0 aromatic heterocycles. The quantitative estimate of drug-likeness (QED) is 0.0447. The van der Waals surface area contributed by atoms with E-state index in [4.69, 9.17) is 11.9 Å². The van der Waals surface area contributed by atoms with Gasteiger partial charge in [0.2, 0.25) is 0 Å². The maximum atomic E-state index is 13.3. The van der Waals surface area contributed by atoms with Gasteiger partial charge in [0.05, 0.1) is 0 Å². The summed E-state index contributed by atoms with van der Waals surface area (Å²) in [4.78, 5) is 0.132. The molecule has 0 radical (unpaired) electrons. The molecule has 0 bridgehead atoms. The van der Waals surface area contributed by atoms with Gasteiger partial charge in [0, 0.05) is 0 Å². The van der Waals surface area contributed by atoms with Crippen LogP contribution in [0.3, 0.4) is 0 Å². The molecule has 0 heterocycles. The summed E-state index contributed by atoms with van der Waals surface area (Å²) >= 11 is -8.07. The fourth-order valence-electron chi connectivity index (χ4n) is 7.29. The van der Waals surface area contributed by atoms with Crippen molar-refractivity contribution in [3.63, 3.8) is 0 Å². The van der Waals surface area contributed by atoms with E-state index in [2.05, 4.69) is 20.8 Å². The van der Waals surface area contributed by atoms with Crippen molar-refractivity contribution in [1.82, 2.24) is 0 Å². The summed E-state index contributed by atoms with van der Waals surface area (Å²) in [6, 6.07) is 3.66. The van der Waals surface area contributed by atoms with Crippen LogP contribution in [0.5, 0.6) is 0 Å². The van der Waals surface area contributed by atoms with Crippen LogP contribution in [0.4, 0.5) is 0 Å². The second-order valence-corrected chi connectivity index (χ2v) is 19.6. The fourth-order valence-corrected chi connectivity index (χ4v) is 9.63. The molecule has 0 atom stereocenters. The molecule has 1 aromatic rings. The summed E-state index contributed by atoms with van der Waals surface area (Å²) < 4.78 is 75.8. The van der Waals surface area contributed by atoms with E-state index < -0.39 is 51.4 Å². The zero-order valence-electron chi connectivity index (χ0n) is 34.3. The molecule has 11 heteroatoms. The molecule has 310 valence electrons. The Hall–Kier alpha value is 0.207. The van der Waals surface area contributed by atoms with Gasteiger partial charge in [0.1, 0.15) is 0 Å². The summed E-state index contributed by atoms with van der Waals surface area (Å²) in [5, 5.41) is 0. The van der Waals surface area contributed by atoms with Gasteiger partial charge in [-0.15, -0.1) is 0 Å². The average molecular weight is 884 g/mol. The van der Waals surface area contributed by atoms with Gasteiger partial charge in [-0.05, 0) is 0 Å². The first-order valence-corrected chi connectivity index (χ1v) is 28.4. The Balaban J connectivity index is 0.00000640. The van der Waals surface area contributed by atoms with Crippen molar-refractivity contribution in [3.05, 3.63) is 28.8 Å². The van der Waals surface area contributed by atoms with Crippen LogP contribution in [0.2, 0.25) is 0 Å². The zero-order valence-corrected chi connectivity index (χ0v) is 39.1. The second kappa shape index (κ2) is 37.8. The SMILES string of the molecule is CCCCCCCCCCCCc1ccc(S(=O)(=O)[O][Ti](=[O])[OH])c(CCCCCCCCCCCC)c1CCCCCCCCCCCC.[O]=[Zr]([OH])[OH]. The van der Waals surface area contributed by atoms with Gasteiger partial charge in [-0.25, -0.2) is 0 Å². The molecule has 0 aliphatic rings. The van der Waals surface area contributed by atoms with Crippen LogP contribution in [0.15, 0.2) is 17.0 Å². The second-order valence-electron chi connectivity index (χ2n) is 15.1. The number of benzene rings is 1. The third kappa shape index (κ3) is 31.9. The van der Waals surface area contributed by atoms with Gasteiger partial charge in [-0.1, -0.05) is 97.8 Å². The van der Waals surface area contributed by atoms with Crippen molar-refractivity contribution in [2.24, 2.45) is 0 Å². The van der Waals surface area contributed by atoms with E-state index in [1.165, 1.54) is 172 Å². The number of rotatable bonds is 36. The van der Waals surface area contributed by atoms with E-state index in [1.54, 1.807) is 6.07 Å². The number of hydrogen-bond acceptors (Lipinski definition) is 5. The van der Waals surface area contributed by atoms with Crippen LogP contribution in [-0.4, -0.2) is 18.5 Å². The monoisotopic (exact) mass is 882 g/mol. The standard InChI is InChI=1S/C42H78O3S.3H2O.2O.Ti.Zr/c1-4-7-10-13-16-19-22-25-28-31-34-39-37-38-42(46(43,44)45)41(36-33-30-27-24-21-18-15-12-9-6-3)40(39)35-32-29-26-23-20-17-14-11-8-5-2;;;;;;;/h37-38H,4-36H2,1-3H3,(H,43,44,45);3*1H2;;;;/q;;;;;;2*+2/p-4. The van der Waals surface area contributed by atoms with Gasteiger partial charge >= 0.3 is 247 Å². The van der Waals surface area contributed by atoms with E-state index in [0.717, 1.165) is 50.5 Å². The van der Waals surface area contributed by atoms with Crippen LogP contribution in [0.1, 0.15) is 230 Å². The predicted molar refractivity (Wildman–Crippen MR) is 209 cm³/mol. The molecule has 1 aromatic carbocycles. The third-order valence-corrected chi connectivity index (χ3v) is 13.3. The summed E-state index contributed by atoms with van der Waals surface area (Å²) in [7, 11) is -4.28.